The first kappa shape index (κ1) is 62.2. The van der Waals surface area contributed by atoms with Crippen molar-refractivity contribution in [1.82, 2.24) is 0 Å². The first-order valence-electron chi connectivity index (χ1n) is 27.7. The summed E-state index contributed by atoms with van der Waals surface area (Å²) >= 11 is 0. The van der Waals surface area contributed by atoms with E-state index < -0.39 is 193 Å². The zero-order valence-electron chi connectivity index (χ0n) is 46.4. The van der Waals surface area contributed by atoms with Crippen LogP contribution in [0, 0.1) is 50.2 Å². The fraction of sp³-hybridized carbons (Fsp3) is 0.873. The van der Waals surface area contributed by atoms with E-state index >= 15 is 0 Å². The predicted molar refractivity (Wildman–Crippen MR) is 269 cm³/mol. The van der Waals surface area contributed by atoms with Crippen LogP contribution in [0.25, 0.3) is 0 Å². The second-order valence-corrected chi connectivity index (χ2v) is 25.6. The van der Waals surface area contributed by atoms with Crippen LogP contribution < -0.4 is 0 Å². The Labute approximate surface area is 459 Å². The molecule has 79 heavy (non-hydrogen) atoms. The fourth-order valence-electron chi connectivity index (χ4n) is 16.1. The van der Waals surface area contributed by atoms with Gasteiger partial charge in [0.15, 0.2) is 25.0 Å². The molecule has 0 aromatic rings. The molecule has 0 aromatic heterocycles. The molecular weight excluding hydrogens is 1040 g/mol. The molecule has 13 N–H and O–H groups in total. The summed E-state index contributed by atoms with van der Waals surface area (Å²) in [5.74, 6) is -3.82. The predicted octanol–water partition coefficient (Wildman–Crippen LogP) is -1.32. The highest BCUT2D eigenvalue weighted by Crippen LogP contribution is 2.76. The van der Waals surface area contributed by atoms with Crippen LogP contribution in [0.3, 0.4) is 0 Å². The van der Waals surface area contributed by atoms with Crippen molar-refractivity contribution in [3.05, 3.63) is 23.3 Å². The monoisotopic (exact) mass is 1130 g/mol. The number of aliphatic hydroxyl groups is 12. The number of carbonyl (C=O) groups is 3. The van der Waals surface area contributed by atoms with E-state index in [1.54, 1.807) is 19.9 Å². The third-order valence-corrected chi connectivity index (χ3v) is 21.0. The SMILES string of the molecule is C/C=C(/C)C(=O)O[C@H]1[C@H](O)[C@@]2(COC(C)=O)C(CC1(C)C)C1=CC[C@@H]3[C@@]4(C)CC[C@H](O[C@@H]5O[C@H](C(=O)O)[C@@H](O[C@@H]6O[C@H](CO)[C@@H](O)[C@H](O)[C@H]6O)[C@H](O)[C@H]5O[C@@H]5O[C@H](CO)[C@@H](O)[C@H](O)[C@H]5O)[C@](C)(CO)C4CC[C@@]3(C)[C@]1(C)C[C@H]2O. The van der Waals surface area contributed by atoms with Crippen LogP contribution in [0.1, 0.15) is 107 Å². The van der Waals surface area contributed by atoms with Gasteiger partial charge in [-0.15, -0.1) is 0 Å². The summed E-state index contributed by atoms with van der Waals surface area (Å²) in [6.07, 6.45) is -26.8. The number of carbonyl (C=O) groups excluding carboxylic acids is 2. The van der Waals surface area contributed by atoms with E-state index in [1.165, 1.54) is 6.92 Å². The van der Waals surface area contributed by atoms with E-state index in [1.807, 2.05) is 20.8 Å². The molecule has 24 nitrogen and oxygen atoms in total. The number of allylic oxidation sites excluding steroid dienone is 3. The van der Waals surface area contributed by atoms with Crippen molar-refractivity contribution in [2.45, 2.75) is 224 Å². The van der Waals surface area contributed by atoms with Crippen molar-refractivity contribution in [3.63, 3.8) is 0 Å². The average molecular weight is 1130 g/mol. The van der Waals surface area contributed by atoms with Crippen LogP contribution in [0.5, 0.6) is 0 Å². The summed E-state index contributed by atoms with van der Waals surface area (Å²) in [7, 11) is 0. The zero-order chi connectivity index (χ0) is 58.4. The molecule has 4 saturated carbocycles. The molecule has 2 unspecified atom stereocenters. The Morgan fingerprint density at radius 1 is 0.696 bits per heavy atom. The van der Waals surface area contributed by atoms with E-state index in [0.717, 1.165) is 5.57 Å². The van der Waals surface area contributed by atoms with Crippen molar-refractivity contribution in [2.24, 2.45) is 50.2 Å². The molecule has 5 aliphatic carbocycles. The number of carboxylic acid groups (broad SMARTS) is 1. The second kappa shape index (κ2) is 22.6. The number of esters is 2. The number of aliphatic hydroxyl groups excluding tert-OH is 12. The number of carboxylic acids is 1. The van der Waals surface area contributed by atoms with Gasteiger partial charge >= 0.3 is 17.9 Å². The summed E-state index contributed by atoms with van der Waals surface area (Å²) in [5.41, 5.74) is -3.78. The van der Waals surface area contributed by atoms with Gasteiger partial charge in [0, 0.05) is 23.3 Å². The van der Waals surface area contributed by atoms with Crippen LogP contribution in [0.2, 0.25) is 0 Å². The van der Waals surface area contributed by atoms with Crippen LogP contribution in [-0.2, 0) is 52.3 Å². The maximum atomic E-state index is 13.3. The summed E-state index contributed by atoms with van der Waals surface area (Å²) in [4.78, 5) is 39.0. The Morgan fingerprint density at radius 2 is 1.28 bits per heavy atom. The summed E-state index contributed by atoms with van der Waals surface area (Å²) in [6.45, 7) is 14.3. The molecular formula is C55H86O24. The minimum absolute atomic E-state index is 0.0849. The molecule has 0 amide bonds. The molecule has 3 saturated heterocycles. The molecule has 450 valence electrons. The van der Waals surface area contributed by atoms with Crippen molar-refractivity contribution in [2.75, 3.05) is 26.4 Å². The van der Waals surface area contributed by atoms with E-state index in [-0.39, 0.29) is 31.3 Å². The van der Waals surface area contributed by atoms with Gasteiger partial charge in [0.05, 0.1) is 37.4 Å². The Hall–Kier alpha value is -2.83. The zero-order valence-corrected chi connectivity index (χ0v) is 46.4. The van der Waals surface area contributed by atoms with Crippen molar-refractivity contribution in [3.8, 4) is 0 Å². The second-order valence-electron chi connectivity index (χ2n) is 25.6. The maximum Gasteiger partial charge on any atom is 0.335 e. The number of hydrogen-bond acceptors (Lipinski definition) is 23. The lowest BCUT2D eigenvalue weighted by atomic mass is 9.33. The third kappa shape index (κ3) is 10.0. The molecule has 0 spiro atoms. The highest BCUT2D eigenvalue weighted by atomic mass is 16.8. The molecule has 7 fully saturated rings. The molecule has 0 aromatic carbocycles. The van der Waals surface area contributed by atoms with Gasteiger partial charge in [-0.3, -0.25) is 4.79 Å². The van der Waals surface area contributed by atoms with Gasteiger partial charge in [0.1, 0.15) is 86.0 Å². The van der Waals surface area contributed by atoms with Crippen molar-refractivity contribution >= 4 is 17.9 Å². The Balaban J connectivity index is 1.11. The summed E-state index contributed by atoms with van der Waals surface area (Å²) < 4.78 is 47.7. The molecule has 24 heteroatoms. The highest BCUT2D eigenvalue weighted by Gasteiger charge is 2.74. The van der Waals surface area contributed by atoms with E-state index in [0.29, 0.717) is 37.7 Å². The normalized spacial score (nSPS) is 50.6. The average Bonchev–Trinajstić information content (AvgIpc) is 1.69. The van der Waals surface area contributed by atoms with Gasteiger partial charge in [-0.25, -0.2) is 9.59 Å². The Morgan fingerprint density at radius 3 is 1.81 bits per heavy atom. The van der Waals surface area contributed by atoms with Gasteiger partial charge in [0.25, 0.3) is 0 Å². The minimum Gasteiger partial charge on any atom is -0.479 e. The van der Waals surface area contributed by atoms with Crippen LogP contribution >= 0.6 is 0 Å². The standard InChI is InChI=1S/C55H86O24/c1-10-23(2)46(71)79-44-43(68)55(22-72-24(3)59)26(17-50(44,4)5)25-11-12-30-51(6)15-14-32(52(7,21-58)29(51)13-16-53(30,8)54(25,9)18-31(55)60)75-49-41(77-48-38(66)36(64)34(62)28(20-57)74-48)39(67)40(42(78-49)45(69)70)76-47-37(65)35(63)33(61)27(19-56)73-47/h10-11,26-44,47-49,56-58,60-68H,12-22H2,1-9H3,(H,69,70)/b23-10-/t26?,27-,28-,29?,30-,31-,32+,33-,34-,35+,36+,37-,38-,39+,40+,41-,42+,43+,44+,47+,48+,49-,51+,52-,53-,54-,55+/m1/s1. The van der Waals surface area contributed by atoms with E-state index in [9.17, 15) is 80.8 Å². The number of fused-ring (bicyclic) bond motifs is 7. The lowest BCUT2D eigenvalue weighted by molar-refractivity contribution is -0.392. The first-order valence-corrected chi connectivity index (χ1v) is 27.7. The Kier molecular flexibility index (Phi) is 17.8. The molecule has 8 aliphatic rings. The van der Waals surface area contributed by atoms with Crippen LogP contribution in [0.4, 0.5) is 0 Å². The lowest BCUT2D eigenvalue weighted by Gasteiger charge is -2.72. The van der Waals surface area contributed by atoms with Gasteiger partial charge < -0.3 is 104 Å². The molecule has 0 radical (unpaired) electrons. The van der Waals surface area contributed by atoms with E-state index in [4.69, 9.17) is 37.9 Å². The third-order valence-electron chi connectivity index (χ3n) is 21.0. The van der Waals surface area contributed by atoms with Crippen molar-refractivity contribution in [1.29, 1.82) is 0 Å². The molecule has 27 atom stereocenters. The molecule has 3 heterocycles. The fourth-order valence-corrected chi connectivity index (χ4v) is 16.1. The number of aliphatic carboxylic acids is 1. The summed E-state index contributed by atoms with van der Waals surface area (Å²) in [5, 5.41) is 144. The number of rotatable bonds is 14. The van der Waals surface area contributed by atoms with Crippen LogP contribution in [0.15, 0.2) is 23.3 Å². The minimum atomic E-state index is -2.18. The van der Waals surface area contributed by atoms with E-state index in [2.05, 4.69) is 26.8 Å². The van der Waals surface area contributed by atoms with Crippen molar-refractivity contribution < 1.29 is 119 Å². The summed E-state index contributed by atoms with van der Waals surface area (Å²) in [6, 6.07) is 0. The van der Waals surface area contributed by atoms with Gasteiger partial charge in [0.2, 0.25) is 0 Å². The topological polar surface area (TPSA) is 388 Å². The molecule has 3 aliphatic heterocycles. The van der Waals surface area contributed by atoms with Gasteiger partial charge in [-0.1, -0.05) is 59.3 Å². The largest absolute Gasteiger partial charge is 0.479 e. The maximum absolute atomic E-state index is 13.3. The Bertz CT molecular complexity index is 2290. The number of hydrogen-bond donors (Lipinski definition) is 13. The quantitative estimate of drug-likeness (QED) is 0.0415. The van der Waals surface area contributed by atoms with Crippen LogP contribution in [-0.4, -0.2) is 227 Å². The van der Waals surface area contributed by atoms with Gasteiger partial charge in [-0.2, -0.15) is 0 Å². The number of ether oxygens (including phenoxy) is 8. The smallest absolute Gasteiger partial charge is 0.335 e. The highest BCUT2D eigenvalue weighted by molar-refractivity contribution is 5.87. The van der Waals surface area contributed by atoms with Gasteiger partial charge in [-0.05, 0) is 92.8 Å². The molecule has 8 rings (SSSR count). The molecule has 0 bridgehead atoms. The lowest BCUT2D eigenvalue weighted by Crippen LogP contribution is -2.72. The first-order chi connectivity index (χ1) is 36.9.